The molecular weight excluding hydrogens is 362 g/mol. The molecule has 2 atom stereocenters. The standard InChI is InChI=1S/C16H19N3O6S/c1-4-9(2)13(15-18-19-16(25-15)26(3,21)22)17-14(20)10-5-6-11-12(7-10)24-8-23-11/h5-7,9,13H,4,8H2,1-3H3,(H,17,20)/t9-,13+/m1/s1. The van der Waals surface area contributed by atoms with Gasteiger partial charge in [-0.2, -0.15) is 0 Å². The summed E-state index contributed by atoms with van der Waals surface area (Å²) in [7, 11) is -3.62. The van der Waals surface area contributed by atoms with Crippen molar-refractivity contribution < 1.29 is 27.1 Å². The molecule has 0 bridgehead atoms. The minimum Gasteiger partial charge on any atom is -0.454 e. The molecule has 26 heavy (non-hydrogen) atoms. The number of benzene rings is 1. The van der Waals surface area contributed by atoms with Gasteiger partial charge in [0.1, 0.15) is 6.04 Å². The predicted octanol–water partition coefficient (Wildman–Crippen LogP) is 1.72. The summed E-state index contributed by atoms with van der Waals surface area (Å²) in [4.78, 5) is 12.6. The van der Waals surface area contributed by atoms with Gasteiger partial charge in [0.15, 0.2) is 11.5 Å². The van der Waals surface area contributed by atoms with Gasteiger partial charge < -0.3 is 19.2 Å². The van der Waals surface area contributed by atoms with Gasteiger partial charge in [-0.15, -0.1) is 5.10 Å². The lowest BCUT2D eigenvalue weighted by molar-refractivity contribution is 0.0911. The highest BCUT2D eigenvalue weighted by Gasteiger charge is 2.28. The Morgan fingerprint density at radius 3 is 2.65 bits per heavy atom. The Labute approximate surface area is 150 Å². The Balaban J connectivity index is 1.84. The molecule has 1 aliphatic heterocycles. The van der Waals surface area contributed by atoms with Crippen molar-refractivity contribution in [3.63, 3.8) is 0 Å². The Morgan fingerprint density at radius 2 is 2.00 bits per heavy atom. The molecule has 1 N–H and O–H groups in total. The largest absolute Gasteiger partial charge is 0.454 e. The number of aromatic nitrogens is 2. The molecule has 10 heteroatoms. The monoisotopic (exact) mass is 381 g/mol. The molecule has 3 rings (SSSR count). The summed E-state index contributed by atoms with van der Waals surface area (Å²) in [6.07, 6.45) is 1.69. The average molecular weight is 381 g/mol. The maximum atomic E-state index is 12.6. The van der Waals surface area contributed by atoms with Crippen LogP contribution in [0.25, 0.3) is 0 Å². The molecule has 0 saturated heterocycles. The van der Waals surface area contributed by atoms with Crippen LogP contribution in [-0.2, 0) is 9.84 Å². The number of rotatable bonds is 6. The van der Waals surface area contributed by atoms with Gasteiger partial charge in [0, 0.05) is 11.8 Å². The average Bonchev–Trinajstić information content (AvgIpc) is 3.26. The molecule has 2 aromatic rings. The van der Waals surface area contributed by atoms with Crippen molar-refractivity contribution in [1.82, 2.24) is 15.5 Å². The maximum absolute atomic E-state index is 12.6. The van der Waals surface area contributed by atoms with E-state index in [-0.39, 0.29) is 24.5 Å². The van der Waals surface area contributed by atoms with E-state index >= 15 is 0 Å². The van der Waals surface area contributed by atoms with Gasteiger partial charge in [-0.05, 0) is 24.1 Å². The van der Waals surface area contributed by atoms with Crippen LogP contribution in [0.1, 0.15) is 42.6 Å². The summed E-state index contributed by atoms with van der Waals surface area (Å²) < 4.78 is 38.9. The number of carbonyl (C=O) groups excluding carboxylic acids is 1. The second-order valence-corrected chi connectivity index (χ2v) is 7.98. The third kappa shape index (κ3) is 3.64. The van der Waals surface area contributed by atoms with Crippen molar-refractivity contribution in [2.75, 3.05) is 13.0 Å². The van der Waals surface area contributed by atoms with Crippen molar-refractivity contribution in [3.8, 4) is 11.5 Å². The fourth-order valence-corrected chi connectivity index (χ4v) is 2.87. The summed E-state index contributed by atoms with van der Waals surface area (Å²) in [5.74, 6) is 0.701. The van der Waals surface area contributed by atoms with Crippen LogP contribution in [0, 0.1) is 5.92 Å². The molecule has 0 aliphatic carbocycles. The quantitative estimate of drug-likeness (QED) is 0.803. The summed E-state index contributed by atoms with van der Waals surface area (Å²) in [5.41, 5.74) is 0.380. The molecular formula is C16H19N3O6S. The topological polar surface area (TPSA) is 121 Å². The van der Waals surface area contributed by atoms with Crippen LogP contribution in [0.5, 0.6) is 11.5 Å². The van der Waals surface area contributed by atoms with E-state index in [1.807, 2.05) is 13.8 Å². The number of carbonyl (C=O) groups is 1. The van der Waals surface area contributed by atoms with Crippen LogP contribution < -0.4 is 14.8 Å². The lowest BCUT2D eigenvalue weighted by Gasteiger charge is -2.21. The first-order valence-corrected chi connectivity index (χ1v) is 9.92. The highest BCUT2D eigenvalue weighted by molar-refractivity contribution is 7.90. The van der Waals surface area contributed by atoms with E-state index in [9.17, 15) is 13.2 Å². The molecule has 140 valence electrons. The second kappa shape index (κ2) is 6.94. The van der Waals surface area contributed by atoms with Gasteiger partial charge in [0.2, 0.25) is 22.5 Å². The lowest BCUT2D eigenvalue weighted by atomic mass is 9.98. The van der Waals surface area contributed by atoms with E-state index in [2.05, 4.69) is 15.5 Å². The van der Waals surface area contributed by atoms with Gasteiger partial charge in [-0.3, -0.25) is 4.79 Å². The van der Waals surface area contributed by atoms with Crippen LogP contribution in [0.2, 0.25) is 0 Å². The molecule has 0 radical (unpaired) electrons. The van der Waals surface area contributed by atoms with E-state index in [0.29, 0.717) is 23.5 Å². The highest BCUT2D eigenvalue weighted by Crippen LogP contribution is 2.33. The molecule has 1 aliphatic rings. The molecule has 1 aromatic heterocycles. The van der Waals surface area contributed by atoms with Gasteiger partial charge in [0.05, 0.1) is 0 Å². The fraction of sp³-hybridized carbons (Fsp3) is 0.438. The molecule has 0 fully saturated rings. The molecule has 1 aromatic carbocycles. The van der Waals surface area contributed by atoms with Gasteiger partial charge in [0.25, 0.3) is 5.91 Å². The Bertz CT molecular complexity index is 924. The van der Waals surface area contributed by atoms with Crippen LogP contribution in [0.3, 0.4) is 0 Å². The Morgan fingerprint density at radius 1 is 1.27 bits per heavy atom. The summed E-state index contributed by atoms with van der Waals surface area (Å²) >= 11 is 0. The number of sulfone groups is 1. The van der Waals surface area contributed by atoms with Crippen LogP contribution in [-0.4, -0.2) is 37.6 Å². The molecule has 0 spiro atoms. The number of hydrogen-bond acceptors (Lipinski definition) is 8. The summed E-state index contributed by atoms with van der Waals surface area (Å²) in [6.45, 7) is 3.96. The molecule has 9 nitrogen and oxygen atoms in total. The minimum absolute atomic E-state index is 0.0499. The molecule has 0 saturated carbocycles. The van der Waals surface area contributed by atoms with Gasteiger partial charge >= 0.3 is 5.22 Å². The second-order valence-electron chi connectivity index (χ2n) is 6.08. The SMILES string of the molecule is CC[C@@H](C)[C@H](NC(=O)c1ccc2c(c1)OCO2)c1nnc(S(C)(=O)=O)o1. The summed E-state index contributed by atoms with van der Waals surface area (Å²) in [6, 6.07) is 4.23. The summed E-state index contributed by atoms with van der Waals surface area (Å²) in [5, 5.41) is 9.72. The highest BCUT2D eigenvalue weighted by atomic mass is 32.2. The first-order chi connectivity index (χ1) is 12.3. The van der Waals surface area contributed by atoms with E-state index in [4.69, 9.17) is 13.9 Å². The van der Waals surface area contributed by atoms with E-state index in [1.165, 1.54) is 0 Å². The van der Waals surface area contributed by atoms with E-state index in [1.54, 1.807) is 18.2 Å². The van der Waals surface area contributed by atoms with Crippen LogP contribution >= 0.6 is 0 Å². The number of fused-ring (bicyclic) bond motifs is 1. The van der Waals surface area contributed by atoms with Crippen molar-refractivity contribution in [1.29, 1.82) is 0 Å². The zero-order chi connectivity index (χ0) is 18.9. The Kier molecular flexibility index (Phi) is 4.86. The maximum Gasteiger partial charge on any atom is 0.335 e. The number of nitrogens with zero attached hydrogens (tertiary/aromatic N) is 2. The van der Waals surface area contributed by atoms with Gasteiger partial charge in [-0.1, -0.05) is 25.4 Å². The number of hydrogen-bond donors (Lipinski definition) is 1. The van der Waals surface area contributed by atoms with Crippen LogP contribution in [0.15, 0.2) is 27.8 Å². The first kappa shape index (κ1) is 18.2. The zero-order valence-electron chi connectivity index (χ0n) is 14.6. The zero-order valence-corrected chi connectivity index (χ0v) is 15.4. The van der Waals surface area contributed by atoms with Gasteiger partial charge in [-0.25, -0.2) is 8.42 Å². The van der Waals surface area contributed by atoms with Crippen LogP contribution in [0.4, 0.5) is 0 Å². The molecule has 1 amide bonds. The smallest absolute Gasteiger partial charge is 0.335 e. The third-order valence-corrected chi connectivity index (χ3v) is 4.94. The van der Waals surface area contributed by atoms with E-state index < -0.39 is 21.1 Å². The van der Waals surface area contributed by atoms with Crippen molar-refractivity contribution in [3.05, 3.63) is 29.7 Å². The first-order valence-electron chi connectivity index (χ1n) is 8.03. The van der Waals surface area contributed by atoms with Crippen molar-refractivity contribution in [2.45, 2.75) is 31.5 Å². The van der Waals surface area contributed by atoms with E-state index in [0.717, 1.165) is 6.26 Å². The minimum atomic E-state index is -3.62. The number of nitrogens with one attached hydrogen (secondary N) is 1. The van der Waals surface area contributed by atoms with Crippen molar-refractivity contribution in [2.24, 2.45) is 5.92 Å². The lowest BCUT2D eigenvalue weighted by Crippen LogP contribution is -2.32. The number of amides is 1. The molecule has 2 heterocycles. The predicted molar refractivity (Wildman–Crippen MR) is 89.6 cm³/mol. The number of ether oxygens (including phenoxy) is 2. The molecule has 0 unspecified atom stereocenters. The van der Waals surface area contributed by atoms with Crippen molar-refractivity contribution >= 4 is 15.7 Å². The normalized spacial score (nSPS) is 15.5. The Hall–Kier alpha value is -2.62. The fourth-order valence-electron chi connectivity index (χ4n) is 2.44. The third-order valence-electron chi connectivity index (χ3n) is 4.14.